The third-order valence-electron chi connectivity index (χ3n) is 4.87. The van der Waals surface area contributed by atoms with Gasteiger partial charge < -0.3 is 10.0 Å². The van der Waals surface area contributed by atoms with Crippen molar-refractivity contribution in [1.29, 1.82) is 0 Å². The minimum atomic E-state index is -0.752. The maximum atomic E-state index is 12.5. The molecule has 0 spiro atoms. The van der Waals surface area contributed by atoms with Gasteiger partial charge in [-0.25, -0.2) is 0 Å². The summed E-state index contributed by atoms with van der Waals surface area (Å²) < 4.78 is 0. The molecule has 1 heterocycles. The quantitative estimate of drug-likeness (QED) is 0.922. The van der Waals surface area contributed by atoms with Gasteiger partial charge in [-0.15, -0.1) is 0 Å². The number of aliphatic carboxylic acids is 1. The van der Waals surface area contributed by atoms with Crippen molar-refractivity contribution in [3.63, 3.8) is 0 Å². The maximum Gasteiger partial charge on any atom is 0.308 e. The number of nitrogens with zero attached hydrogens (tertiary/aromatic N) is 1. The van der Waals surface area contributed by atoms with E-state index in [4.69, 9.17) is 0 Å². The molecule has 1 amide bonds. The van der Waals surface area contributed by atoms with Crippen LogP contribution in [0, 0.1) is 24.7 Å². The van der Waals surface area contributed by atoms with E-state index in [9.17, 15) is 14.7 Å². The molecule has 21 heavy (non-hydrogen) atoms. The second-order valence-electron chi connectivity index (χ2n) is 6.35. The van der Waals surface area contributed by atoms with Crippen LogP contribution in [0.15, 0.2) is 24.3 Å². The molecular formula is C17H21NO3. The Labute approximate surface area is 124 Å². The molecule has 112 valence electrons. The van der Waals surface area contributed by atoms with E-state index >= 15 is 0 Å². The summed E-state index contributed by atoms with van der Waals surface area (Å²) in [5, 5.41) is 9.36. The van der Waals surface area contributed by atoms with Gasteiger partial charge in [0.15, 0.2) is 0 Å². The first-order valence-corrected chi connectivity index (χ1v) is 7.61. The molecule has 2 atom stereocenters. The van der Waals surface area contributed by atoms with Gasteiger partial charge in [0.25, 0.3) is 0 Å². The first-order chi connectivity index (χ1) is 10.1. The lowest BCUT2D eigenvalue weighted by molar-refractivity contribution is -0.142. The highest BCUT2D eigenvalue weighted by atomic mass is 16.4. The van der Waals surface area contributed by atoms with Crippen molar-refractivity contribution < 1.29 is 14.7 Å². The van der Waals surface area contributed by atoms with Gasteiger partial charge >= 0.3 is 5.97 Å². The number of hydrogen-bond donors (Lipinski definition) is 1. The molecule has 1 N–H and O–H groups in total. The SMILES string of the molecule is Cc1ccccc1CC(=O)N1C[C@H](C(=O)O)[C@@H](C2CC2)C1. The number of hydrogen-bond acceptors (Lipinski definition) is 2. The van der Waals surface area contributed by atoms with E-state index in [1.807, 2.05) is 31.2 Å². The number of benzene rings is 1. The molecule has 0 unspecified atom stereocenters. The summed E-state index contributed by atoms with van der Waals surface area (Å²) in [5.41, 5.74) is 2.14. The van der Waals surface area contributed by atoms with Crippen LogP contribution in [0.1, 0.15) is 24.0 Å². The molecule has 1 saturated heterocycles. The molecular weight excluding hydrogens is 266 g/mol. The molecule has 2 fully saturated rings. The molecule has 0 radical (unpaired) electrons. The number of likely N-dealkylation sites (tertiary alicyclic amines) is 1. The normalized spacial score (nSPS) is 25.1. The highest BCUT2D eigenvalue weighted by Gasteiger charge is 2.46. The Morgan fingerprint density at radius 2 is 1.95 bits per heavy atom. The van der Waals surface area contributed by atoms with Crippen LogP contribution in [-0.2, 0) is 16.0 Å². The summed E-state index contributed by atoms with van der Waals surface area (Å²) in [6, 6.07) is 7.87. The minimum absolute atomic E-state index is 0.0544. The minimum Gasteiger partial charge on any atom is -0.481 e. The molecule has 1 aromatic rings. The fraction of sp³-hybridized carbons (Fsp3) is 0.529. The molecule has 1 aromatic carbocycles. The number of carbonyl (C=O) groups is 2. The highest BCUT2D eigenvalue weighted by Crippen LogP contribution is 2.44. The van der Waals surface area contributed by atoms with Crippen LogP contribution in [0.4, 0.5) is 0 Å². The van der Waals surface area contributed by atoms with Gasteiger partial charge in [0.2, 0.25) is 5.91 Å². The Hall–Kier alpha value is -1.84. The molecule has 0 bridgehead atoms. The summed E-state index contributed by atoms with van der Waals surface area (Å²) in [6.07, 6.45) is 2.61. The molecule has 0 aromatic heterocycles. The number of rotatable bonds is 4. The standard InChI is InChI=1S/C17H21NO3/c1-11-4-2-3-5-13(11)8-16(19)18-9-14(12-6-7-12)15(10-18)17(20)21/h2-5,12,14-15H,6-10H2,1H3,(H,20,21)/t14-,15+/m1/s1. The zero-order valence-electron chi connectivity index (χ0n) is 12.3. The summed E-state index contributed by atoms with van der Waals surface area (Å²) in [4.78, 5) is 25.6. The topological polar surface area (TPSA) is 57.6 Å². The van der Waals surface area contributed by atoms with Crippen LogP contribution in [0.5, 0.6) is 0 Å². The second-order valence-corrected chi connectivity index (χ2v) is 6.35. The van der Waals surface area contributed by atoms with Crippen LogP contribution in [0.25, 0.3) is 0 Å². The summed E-state index contributed by atoms with van der Waals surface area (Å²) in [5.74, 6) is -0.402. The van der Waals surface area contributed by atoms with Gasteiger partial charge in [0.05, 0.1) is 12.3 Å². The number of carboxylic acid groups (broad SMARTS) is 1. The number of carbonyl (C=O) groups excluding carboxylic acids is 1. The molecule has 3 rings (SSSR count). The van der Waals surface area contributed by atoms with Gasteiger partial charge in [-0.3, -0.25) is 9.59 Å². The third-order valence-corrected chi connectivity index (χ3v) is 4.87. The fourth-order valence-corrected chi connectivity index (χ4v) is 3.38. The van der Waals surface area contributed by atoms with Gasteiger partial charge in [-0.05, 0) is 42.7 Å². The molecule has 4 nitrogen and oxygen atoms in total. The monoisotopic (exact) mass is 287 g/mol. The van der Waals surface area contributed by atoms with Crippen LogP contribution in [0.2, 0.25) is 0 Å². The fourth-order valence-electron chi connectivity index (χ4n) is 3.38. The zero-order valence-corrected chi connectivity index (χ0v) is 12.3. The van der Waals surface area contributed by atoms with E-state index in [2.05, 4.69) is 0 Å². The number of carboxylic acids is 1. The Kier molecular flexibility index (Phi) is 3.70. The number of aryl methyl sites for hydroxylation is 1. The van der Waals surface area contributed by atoms with Gasteiger partial charge in [0, 0.05) is 13.1 Å². The lowest BCUT2D eigenvalue weighted by atomic mass is 9.92. The summed E-state index contributed by atoms with van der Waals surface area (Å²) in [6.45, 7) is 2.99. The van der Waals surface area contributed by atoms with Crippen molar-refractivity contribution in [2.45, 2.75) is 26.2 Å². The molecule has 1 aliphatic carbocycles. The van der Waals surface area contributed by atoms with Crippen molar-refractivity contribution in [1.82, 2.24) is 4.90 Å². The second kappa shape index (κ2) is 5.51. The first-order valence-electron chi connectivity index (χ1n) is 7.61. The van der Waals surface area contributed by atoms with Crippen molar-refractivity contribution >= 4 is 11.9 Å². The number of amides is 1. The Morgan fingerprint density at radius 3 is 2.57 bits per heavy atom. The van der Waals surface area contributed by atoms with E-state index in [0.717, 1.165) is 24.0 Å². The highest BCUT2D eigenvalue weighted by molar-refractivity contribution is 5.81. The van der Waals surface area contributed by atoms with Crippen molar-refractivity contribution in [3.8, 4) is 0 Å². The molecule has 4 heteroatoms. The maximum absolute atomic E-state index is 12.5. The van der Waals surface area contributed by atoms with Crippen LogP contribution in [0.3, 0.4) is 0 Å². The Morgan fingerprint density at radius 1 is 1.24 bits per heavy atom. The zero-order chi connectivity index (χ0) is 15.0. The van der Waals surface area contributed by atoms with Gasteiger partial charge in [0.1, 0.15) is 0 Å². The molecule has 1 aliphatic heterocycles. The predicted octanol–water partition coefficient (Wildman–Crippen LogP) is 2.11. The average molecular weight is 287 g/mol. The van der Waals surface area contributed by atoms with E-state index in [-0.39, 0.29) is 17.7 Å². The Balaban J connectivity index is 1.68. The largest absolute Gasteiger partial charge is 0.481 e. The molecule has 1 saturated carbocycles. The van der Waals surface area contributed by atoms with E-state index in [1.54, 1.807) is 4.90 Å². The third kappa shape index (κ3) is 2.94. The van der Waals surface area contributed by atoms with Crippen molar-refractivity contribution in [2.24, 2.45) is 17.8 Å². The van der Waals surface area contributed by atoms with Crippen LogP contribution in [-0.4, -0.2) is 35.0 Å². The smallest absolute Gasteiger partial charge is 0.308 e. The van der Waals surface area contributed by atoms with Crippen molar-refractivity contribution in [2.75, 3.05) is 13.1 Å². The van der Waals surface area contributed by atoms with Crippen LogP contribution >= 0.6 is 0 Å². The first kappa shape index (κ1) is 14.1. The van der Waals surface area contributed by atoms with E-state index < -0.39 is 5.97 Å². The lowest BCUT2D eigenvalue weighted by Crippen LogP contribution is -2.31. The van der Waals surface area contributed by atoms with E-state index in [1.165, 1.54) is 0 Å². The van der Waals surface area contributed by atoms with E-state index in [0.29, 0.717) is 25.4 Å². The summed E-state index contributed by atoms with van der Waals surface area (Å²) in [7, 11) is 0. The van der Waals surface area contributed by atoms with Gasteiger partial charge in [-0.1, -0.05) is 24.3 Å². The van der Waals surface area contributed by atoms with Crippen LogP contribution < -0.4 is 0 Å². The average Bonchev–Trinajstić information content (AvgIpc) is 3.19. The predicted molar refractivity (Wildman–Crippen MR) is 78.8 cm³/mol. The lowest BCUT2D eigenvalue weighted by Gasteiger charge is -2.17. The van der Waals surface area contributed by atoms with Crippen molar-refractivity contribution in [3.05, 3.63) is 35.4 Å². The van der Waals surface area contributed by atoms with Gasteiger partial charge in [-0.2, -0.15) is 0 Å². The summed E-state index contributed by atoms with van der Waals surface area (Å²) >= 11 is 0. The Bertz CT molecular complexity index is 565. The molecule has 2 aliphatic rings.